The first-order valence-electron chi connectivity index (χ1n) is 10.4. The van der Waals surface area contributed by atoms with Crippen LogP contribution in [0.15, 0.2) is 42.5 Å². The minimum absolute atomic E-state index is 0.0772. The molecule has 2 heterocycles. The average molecular weight is 428 g/mol. The zero-order valence-electron chi connectivity index (χ0n) is 17.4. The molecular formula is C23H29N3O3S. The summed E-state index contributed by atoms with van der Waals surface area (Å²) in [7, 11) is 0. The maximum absolute atomic E-state index is 13.0. The van der Waals surface area contributed by atoms with E-state index < -0.39 is 0 Å². The highest BCUT2D eigenvalue weighted by molar-refractivity contribution is 7.97. The summed E-state index contributed by atoms with van der Waals surface area (Å²) in [5, 5.41) is 3.15. The second-order valence-corrected chi connectivity index (χ2v) is 8.35. The number of carbonyl (C=O) groups excluding carboxylic acids is 1. The number of amides is 1. The minimum atomic E-state index is -0.0772. The van der Waals surface area contributed by atoms with Gasteiger partial charge in [0.05, 0.1) is 37.8 Å². The summed E-state index contributed by atoms with van der Waals surface area (Å²) < 4.78 is 11.0. The molecule has 0 spiro atoms. The molecule has 1 N–H and O–H groups in total. The summed E-state index contributed by atoms with van der Waals surface area (Å²) >= 11 is 1.75. The van der Waals surface area contributed by atoms with Crippen LogP contribution in [0.3, 0.4) is 0 Å². The van der Waals surface area contributed by atoms with Gasteiger partial charge < -0.3 is 24.6 Å². The van der Waals surface area contributed by atoms with Gasteiger partial charge in [0.15, 0.2) is 0 Å². The van der Waals surface area contributed by atoms with Crippen molar-refractivity contribution >= 4 is 34.7 Å². The van der Waals surface area contributed by atoms with Crippen molar-refractivity contribution in [1.82, 2.24) is 0 Å². The molecule has 2 saturated heterocycles. The predicted octanol–water partition coefficient (Wildman–Crippen LogP) is 3.48. The van der Waals surface area contributed by atoms with Gasteiger partial charge in [-0.05, 0) is 42.2 Å². The van der Waals surface area contributed by atoms with Crippen LogP contribution in [0.1, 0.15) is 15.9 Å². The first kappa shape index (κ1) is 21.0. The monoisotopic (exact) mass is 427 g/mol. The van der Waals surface area contributed by atoms with E-state index in [0.29, 0.717) is 18.8 Å². The summed E-state index contributed by atoms with van der Waals surface area (Å²) in [5.41, 5.74) is 4.91. The molecule has 2 aromatic carbocycles. The van der Waals surface area contributed by atoms with Crippen LogP contribution in [-0.2, 0) is 15.2 Å². The standard InChI is InChI=1S/C23H29N3O3S/c1-30-17-18-3-2-4-19(15-18)23(27)24-21-6-5-20(25-7-11-28-12-8-25)16-22(21)26-9-13-29-14-10-26/h2-6,15-16H,7-14,17H2,1H3,(H,24,27). The number of nitrogens with zero attached hydrogens (tertiary/aromatic N) is 2. The van der Waals surface area contributed by atoms with Crippen LogP contribution >= 0.6 is 11.8 Å². The van der Waals surface area contributed by atoms with E-state index in [-0.39, 0.29) is 5.91 Å². The predicted molar refractivity (Wildman–Crippen MR) is 124 cm³/mol. The lowest BCUT2D eigenvalue weighted by atomic mass is 10.1. The molecule has 0 bridgehead atoms. The quantitative estimate of drug-likeness (QED) is 0.762. The maximum Gasteiger partial charge on any atom is 0.255 e. The summed E-state index contributed by atoms with van der Waals surface area (Å²) in [5.74, 6) is 0.820. The average Bonchev–Trinajstić information content (AvgIpc) is 2.81. The third-order valence-electron chi connectivity index (χ3n) is 5.46. The van der Waals surface area contributed by atoms with Gasteiger partial charge in [-0.1, -0.05) is 12.1 Å². The van der Waals surface area contributed by atoms with Crippen LogP contribution in [0.2, 0.25) is 0 Å². The first-order chi connectivity index (χ1) is 14.7. The molecule has 7 heteroatoms. The van der Waals surface area contributed by atoms with Crippen LogP contribution in [0.25, 0.3) is 0 Å². The minimum Gasteiger partial charge on any atom is -0.378 e. The van der Waals surface area contributed by atoms with Crippen molar-refractivity contribution < 1.29 is 14.3 Å². The van der Waals surface area contributed by atoms with E-state index in [2.05, 4.69) is 39.6 Å². The second kappa shape index (κ2) is 10.2. The topological polar surface area (TPSA) is 54.0 Å². The van der Waals surface area contributed by atoms with Gasteiger partial charge in [0, 0.05) is 43.2 Å². The highest BCUT2D eigenvalue weighted by atomic mass is 32.2. The summed E-state index contributed by atoms with van der Waals surface area (Å²) in [6.07, 6.45) is 2.07. The Morgan fingerprint density at radius 2 is 1.67 bits per heavy atom. The third-order valence-corrected chi connectivity index (χ3v) is 6.08. The van der Waals surface area contributed by atoms with Crippen LogP contribution in [0, 0.1) is 0 Å². The van der Waals surface area contributed by atoms with E-state index in [1.54, 1.807) is 11.8 Å². The van der Waals surface area contributed by atoms with Crippen molar-refractivity contribution in [3.8, 4) is 0 Å². The Morgan fingerprint density at radius 1 is 0.967 bits per heavy atom. The molecule has 0 aromatic heterocycles. The first-order valence-corrected chi connectivity index (χ1v) is 11.8. The summed E-state index contributed by atoms with van der Waals surface area (Å²) in [6.45, 7) is 6.30. The Labute approximate surface area is 182 Å². The largest absolute Gasteiger partial charge is 0.378 e. The molecule has 2 aromatic rings. The molecule has 0 atom stereocenters. The van der Waals surface area contributed by atoms with Crippen LogP contribution in [0.5, 0.6) is 0 Å². The lowest BCUT2D eigenvalue weighted by Crippen LogP contribution is -2.38. The SMILES string of the molecule is CSCc1cccc(C(=O)Nc2ccc(N3CCOCC3)cc2N2CCOCC2)c1. The van der Waals surface area contributed by atoms with Crippen LogP contribution in [0.4, 0.5) is 17.1 Å². The van der Waals surface area contributed by atoms with Gasteiger partial charge in [-0.15, -0.1) is 0 Å². The Bertz CT molecular complexity index is 865. The molecular weight excluding hydrogens is 398 g/mol. The summed E-state index contributed by atoms with van der Waals surface area (Å²) in [6, 6.07) is 14.2. The fourth-order valence-electron chi connectivity index (χ4n) is 3.87. The lowest BCUT2D eigenvalue weighted by molar-refractivity contribution is 0.102. The molecule has 4 rings (SSSR count). The number of thioether (sulfide) groups is 1. The summed E-state index contributed by atoms with van der Waals surface area (Å²) in [4.78, 5) is 17.6. The van der Waals surface area contributed by atoms with Gasteiger partial charge in [0.1, 0.15) is 0 Å². The smallest absolute Gasteiger partial charge is 0.255 e. The normalized spacial score (nSPS) is 17.1. The molecule has 2 aliphatic heterocycles. The number of hydrogen-bond donors (Lipinski definition) is 1. The molecule has 0 aliphatic carbocycles. The van der Waals surface area contributed by atoms with Gasteiger partial charge in [-0.3, -0.25) is 4.79 Å². The maximum atomic E-state index is 13.0. The zero-order chi connectivity index (χ0) is 20.8. The molecule has 6 nitrogen and oxygen atoms in total. The van der Waals surface area contributed by atoms with E-state index in [0.717, 1.165) is 62.1 Å². The Morgan fingerprint density at radius 3 is 2.37 bits per heavy atom. The van der Waals surface area contributed by atoms with Crippen molar-refractivity contribution in [3.63, 3.8) is 0 Å². The number of hydrogen-bond acceptors (Lipinski definition) is 6. The van der Waals surface area contributed by atoms with Crippen molar-refractivity contribution in [2.45, 2.75) is 5.75 Å². The van der Waals surface area contributed by atoms with E-state index in [9.17, 15) is 4.79 Å². The van der Waals surface area contributed by atoms with E-state index in [4.69, 9.17) is 9.47 Å². The molecule has 0 radical (unpaired) electrons. The molecule has 30 heavy (non-hydrogen) atoms. The number of anilines is 3. The van der Waals surface area contributed by atoms with Gasteiger partial charge in [-0.2, -0.15) is 11.8 Å². The number of morpholine rings is 2. The van der Waals surface area contributed by atoms with Crippen LogP contribution < -0.4 is 15.1 Å². The van der Waals surface area contributed by atoms with Gasteiger partial charge in [0.25, 0.3) is 5.91 Å². The number of benzene rings is 2. The highest BCUT2D eigenvalue weighted by Gasteiger charge is 2.20. The van der Waals surface area contributed by atoms with Crippen LogP contribution in [-0.4, -0.2) is 64.8 Å². The number of ether oxygens (including phenoxy) is 2. The Balaban J connectivity index is 1.59. The van der Waals surface area contributed by atoms with Gasteiger partial charge in [-0.25, -0.2) is 0 Å². The Kier molecular flexibility index (Phi) is 7.15. The van der Waals surface area contributed by atoms with E-state index in [1.165, 1.54) is 5.69 Å². The fourth-order valence-corrected chi connectivity index (χ4v) is 4.39. The second-order valence-electron chi connectivity index (χ2n) is 7.49. The third kappa shape index (κ3) is 5.09. The number of nitrogens with one attached hydrogen (secondary N) is 1. The van der Waals surface area contributed by atoms with E-state index >= 15 is 0 Å². The molecule has 2 fully saturated rings. The van der Waals surface area contributed by atoms with Crippen molar-refractivity contribution in [2.75, 3.05) is 74.0 Å². The number of rotatable bonds is 6. The highest BCUT2D eigenvalue weighted by Crippen LogP contribution is 2.32. The van der Waals surface area contributed by atoms with E-state index in [1.807, 2.05) is 24.3 Å². The Hall–Kier alpha value is -2.22. The number of carbonyl (C=O) groups is 1. The molecule has 2 aliphatic rings. The lowest BCUT2D eigenvalue weighted by Gasteiger charge is -2.33. The van der Waals surface area contributed by atoms with Crippen molar-refractivity contribution in [2.24, 2.45) is 0 Å². The van der Waals surface area contributed by atoms with Crippen molar-refractivity contribution in [1.29, 1.82) is 0 Å². The molecule has 1 amide bonds. The zero-order valence-corrected chi connectivity index (χ0v) is 18.2. The molecule has 0 saturated carbocycles. The van der Waals surface area contributed by atoms with Crippen molar-refractivity contribution in [3.05, 3.63) is 53.6 Å². The van der Waals surface area contributed by atoms with Gasteiger partial charge >= 0.3 is 0 Å². The molecule has 0 unspecified atom stereocenters. The van der Waals surface area contributed by atoms with Gasteiger partial charge in [0.2, 0.25) is 0 Å². The fraction of sp³-hybridized carbons (Fsp3) is 0.435. The molecule has 160 valence electrons.